The molecule has 1 amide bonds. The number of hydrogen-bond donors (Lipinski definition) is 1. The number of aliphatic imine (C=N–C) groups is 1. The fraction of sp³-hybridized carbons (Fsp3) is 0.471. The number of thioether (sulfide) groups is 1. The minimum Gasteiger partial charge on any atom is -0.481 e. The molecule has 0 unspecified atom stereocenters. The molecule has 0 saturated carbocycles. The average Bonchev–Trinajstić information content (AvgIpc) is 2.99. The second kappa shape index (κ2) is 7.03. The molecule has 2 aliphatic heterocycles. The molecule has 2 aliphatic rings. The number of fused-ring (bicyclic) bond motifs is 1. The number of aryl methyl sites for hydroxylation is 2. The number of amidine groups is 1. The van der Waals surface area contributed by atoms with E-state index in [1.807, 2.05) is 36.9 Å². The van der Waals surface area contributed by atoms with Gasteiger partial charge >= 0.3 is 5.97 Å². The first kappa shape index (κ1) is 18.9. The van der Waals surface area contributed by atoms with Crippen LogP contribution in [0.2, 0.25) is 0 Å². The van der Waals surface area contributed by atoms with Gasteiger partial charge in [0.15, 0.2) is 15.0 Å². The van der Waals surface area contributed by atoms with Gasteiger partial charge in [0, 0.05) is 17.4 Å². The highest BCUT2D eigenvalue weighted by Gasteiger charge is 2.49. The molecule has 1 N–H and O–H groups in total. The van der Waals surface area contributed by atoms with Crippen molar-refractivity contribution in [1.29, 1.82) is 0 Å². The molecule has 0 aromatic heterocycles. The van der Waals surface area contributed by atoms with Gasteiger partial charge in [-0.05, 0) is 31.0 Å². The topological polar surface area (TPSA) is 104 Å². The molecule has 140 valence electrons. The highest BCUT2D eigenvalue weighted by Crippen LogP contribution is 2.42. The molecule has 2 atom stereocenters. The third kappa shape index (κ3) is 3.93. The molecule has 0 bridgehead atoms. The van der Waals surface area contributed by atoms with Gasteiger partial charge in [-0.15, -0.1) is 0 Å². The van der Waals surface area contributed by atoms with Crippen molar-refractivity contribution in [1.82, 2.24) is 0 Å². The fourth-order valence-electron chi connectivity index (χ4n) is 3.20. The van der Waals surface area contributed by atoms with Crippen LogP contribution in [-0.2, 0) is 19.4 Å². The van der Waals surface area contributed by atoms with Gasteiger partial charge in [0.1, 0.15) is 0 Å². The molecule has 2 heterocycles. The summed E-state index contributed by atoms with van der Waals surface area (Å²) in [5, 5.41) is 9.01. The van der Waals surface area contributed by atoms with Crippen molar-refractivity contribution >= 4 is 44.3 Å². The SMILES string of the molecule is Cc1ccc(C)c(N2C(=NC(=O)CCC(=O)O)S[C@@H]3CS(=O)(=O)C[C@@H]32)c1. The smallest absolute Gasteiger partial charge is 0.303 e. The maximum atomic E-state index is 12.1. The number of carboxylic acid groups (broad SMARTS) is 1. The van der Waals surface area contributed by atoms with Crippen LogP contribution in [0.15, 0.2) is 23.2 Å². The van der Waals surface area contributed by atoms with Gasteiger partial charge in [-0.1, -0.05) is 23.9 Å². The molecule has 2 saturated heterocycles. The molecule has 1 aromatic rings. The average molecular weight is 396 g/mol. The van der Waals surface area contributed by atoms with E-state index in [0.717, 1.165) is 16.8 Å². The number of anilines is 1. The summed E-state index contributed by atoms with van der Waals surface area (Å²) < 4.78 is 24.1. The van der Waals surface area contributed by atoms with Crippen LogP contribution in [0, 0.1) is 13.8 Å². The Morgan fingerprint density at radius 2 is 2.00 bits per heavy atom. The number of amides is 1. The Bertz CT molecular complexity index is 894. The Kier molecular flexibility index (Phi) is 5.12. The molecular weight excluding hydrogens is 376 g/mol. The molecule has 3 rings (SSSR count). The number of carbonyl (C=O) groups excluding carboxylic acids is 1. The summed E-state index contributed by atoms with van der Waals surface area (Å²) >= 11 is 1.29. The summed E-state index contributed by atoms with van der Waals surface area (Å²) in [4.78, 5) is 28.7. The third-order valence-corrected chi connectivity index (χ3v) is 7.67. The number of sulfone groups is 1. The van der Waals surface area contributed by atoms with Crippen molar-refractivity contribution in [2.75, 3.05) is 16.4 Å². The van der Waals surface area contributed by atoms with Crippen LogP contribution in [-0.4, -0.2) is 53.4 Å². The van der Waals surface area contributed by atoms with E-state index in [-0.39, 0.29) is 35.6 Å². The molecule has 0 spiro atoms. The monoisotopic (exact) mass is 396 g/mol. The van der Waals surface area contributed by atoms with Crippen molar-refractivity contribution in [3.8, 4) is 0 Å². The van der Waals surface area contributed by atoms with Crippen LogP contribution in [0.25, 0.3) is 0 Å². The highest BCUT2D eigenvalue weighted by molar-refractivity contribution is 8.16. The number of nitrogens with zero attached hydrogens (tertiary/aromatic N) is 2. The van der Waals surface area contributed by atoms with E-state index in [1.54, 1.807) is 0 Å². The lowest BCUT2D eigenvalue weighted by Crippen LogP contribution is -2.38. The molecule has 1 aromatic carbocycles. The standard InChI is InChI=1S/C17H20N2O5S2/c1-10-3-4-11(2)12(7-10)19-13-8-26(23,24)9-14(13)25-17(19)18-15(20)5-6-16(21)22/h3-4,7,13-14H,5-6,8-9H2,1-2H3,(H,21,22)/t13-,14+/m0/s1. The van der Waals surface area contributed by atoms with Crippen LogP contribution in [0.1, 0.15) is 24.0 Å². The maximum Gasteiger partial charge on any atom is 0.303 e. The first-order chi connectivity index (χ1) is 12.2. The van der Waals surface area contributed by atoms with Gasteiger partial charge in [-0.25, -0.2) is 8.42 Å². The quantitative estimate of drug-likeness (QED) is 0.827. The van der Waals surface area contributed by atoms with Crippen LogP contribution in [0.4, 0.5) is 5.69 Å². The van der Waals surface area contributed by atoms with Gasteiger partial charge in [0.25, 0.3) is 0 Å². The Balaban J connectivity index is 1.97. The minimum atomic E-state index is -3.12. The zero-order valence-corrected chi connectivity index (χ0v) is 16.1. The first-order valence-electron chi connectivity index (χ1n) is 8.23. The lowest BCUT2D eigenvalue weighted by atomic mass is 10.1. The summed E-state index contributed by atoms with van der Waals surface area (Å²) in [6.45, 7) is 3.88. The summed E-state index contributed by atoms with van der Waals surface area (Å²) in [5.41, 5.74) is 2.83. The first-order valence-corrected chi connectivity index (χ1v) is 10.9. The molecule has 2 fully saturated rings. The normalized spacial score (nSPS) is 25.5. The zero-order chi connectivity index (χ0) is 19.1. The molecule has 26 heavy (non-hydrogen) atoms. The maximum absolute atomic E-state index is 12.1. The largest absolute Gasteiger partial charge is 0.481 e. The number of benzene rings is 1. The van der Waals surface area contributed by atoms with Crippen LogP contribution >= 0.6 is 11.8 Å². The second-order valence-electron chi connectivity index (χ2n) is 6.64. The fourth-order valence-corrected chi connectivity index (χ4v) is 7.13. The van der Waals surface area contributed by atoms with E-state index in [1.165, 1.54) is 11.8 Å². The molecule has 9 heteroatoms. The van der Waals surface area contributed by atoms with E-state index in [0.29, 0.717) is 5.17 Å². The van der Waals surface area contributed by atoms with Gasteiger partial charge < -0.3 is 10.0 Å². The van der Waals surface area contributed by atoms with Gasteiger partial charge in [0.2, 0.25) is 5.91 Å². The van der Waals surface area contributed by atoms with Crippen molar-refractivity contribution in [2.45, 2.75) is 38.0 Å². The number of hydrogen-bond acceptors (Lipinski definition) is 5. The third-order valence-electron chi connectivity index (χ3n) is 4.46. The van der Waals surface area contributed by atoms with Gasteiger partial charge in [0.05, 0.1) is 24.0 Å². The Morgan fingerprint density at radius 3 is 2.69 bits per heavy atom. The van der Waals surface area contributed by atoms with E-state index < -0.39 is 21.7 Å². The van der Waals surface area contributed by atoms with Crippen molar-refractivity contribution < 1.29 is 23.1 Å². The van der Waals surface area contributed by atoms with Gasteiger partial charge in [-0.3, -0.25) is 9.59 Å². The molecule has 0 aliphatic carbocycles. The summed E-state index contributed by atoms with van der Waals surface area (Å²) in [7, 11) is -3.12. The second-order valence-corrected chi connectivity index (χ2v) is 10.0. The van der Waals surface area contributed by atoms with Crippen LogP contribution in [0.3, 0.4) is 0 Å². The van der Waals surface area contributed by atoms with E-state index in [4.69, 9.17) is 5.11 Å². The number of rotatable bonds is 4. The van der Waals surface area contributed by atoms with E-state index in [9.17, 15) is 18.0 Å². The summed E-state index contributed by atoms with van der Waals surface area (Å²) in [5.74, 6) is -1.47. The number of aliphatic carboxylic acids is 1. The van der Waals surface area contributed by atoms with E-state index >= 15 is 0 Å². The lowest BCUT2D eigenvalue weighted by Gasteiger charge is -2.26. The van der Waals surface area contributed by atoms with Crippen molar-refractivity contribution in [3.63, 3.8) is 0 Å². The van der Waals surface area contributed by atoms with Crippen molar-refractivity contribution in [2.24, 2.45) is 4.99 Å². The Morgan fingerprint density at radius 1 is 1.27 bits per heavy atom. The lowest BCUT2D eigenvalue weighted by molar-refractivity contribution is -0.138. The van der Waals surface area contributed by atoms with Crippen LogP contribution < -0.4 is 4.90 Å². The van der Waals surface area contributed by atoms with Crippen LogP contribution in [0.5, 0.6) is 0 Å². The van der Waals surface area contributed by atoms with Crippen molar-refractivity contribution in [3.05, 3.63) is 29.3 Å². The minimum absolute atomic E-state index is 0.0282. The molecule has 7 nitrogen and oxygen atoms in total. The number of carbonyl (C=O) groups is 2. The predicted octanol–water partition coefficient (Wildman–Crippen LogP) is 1.77. The molecular formula is C17H20N2O5S2. The number of carboxylic acids is 1. The van der Waals surface area contributed by atoms with E-state index in [2.05, 4.69) is 4.99 Å². The van der Waals surface area contributed by atoms with Gasteiger partial charge in [-0.2, -0.15) is 4.99 Å². The zero-order valence-electron chi connectivity index (χ0n) is 14.5. The Hall–Kier alpha value is -1.87. The predicted molar refractivity (Wildman–Crippen MR) is 102 cm³/mol. The highest BCUT2D eigenvalue weighted by atomic mass is 32.2. The summed E-state index contributed by atoms with van der Waals surface area (Å²) in [6.07, 6.45) is -0.446. The molecule has 0 radical (unpaired) electrons. The Labute approximate surface area is 156 Å². The summed E-state index contributed by atoms with van der Waals surface area (Å²) in [6, 6.07) is 5.62.